The topological polar surface area (TPSA) is 230 Å². The van der Waals surface area contributed by atoms with Crippen LogP contribution in [0.1, 0.15) is 81.0 Å². The van der Waals surface area contributed by atoms with Crippen molar-refractivity contribution in [3.05, 3.63) is 198 Å². The number of esters is 1. The molecule has 6 aromatic carbocycles. The molecule has 100 heavy (non-hydrogen) atoms. The zero-order valence-electron chi connectivity index (χ0n) is 55.7. The van der Waals surface area contributed by atoms with Gasteiger partial charge in [0.2, 0.25) is 0 Å². The zero-order valence-corrected chi connectivity index (χ0v) is 55.7. The number of carboxylic acids is 1. The number of carbonyl (C=O) groups excluding carboxylic acids is 3. The molecule has 0 bridgehead atoms. The van der Waals surface area contributed by atoms with Crippen LogP contribution in [0.2, 0.25) is 0 Å². The van der Waals surface area contributed by atoms with E-state index in [-0.39, 0.29) is 93.9 Å². The summed E-state index contributed by atoms with van der Waals surface area (Å²) in [5, 5.41) is 15.7. The van der Waals surface area contributed by atoms with E-state index in [2.05, 4.69) is 10.6 Å². The summed E-state index contributed by atoms with van der Waals surface area (Å²) in [4.78, 5) is 81.2. The van der Waals surface area contributed by atoms with E-state index in [0.717, 1.165) is 65.9 Å². The number of nitrogens with one attached hydrogen (secondary N) is 2. The first-order valence-corrected chi connectivity index (χ1v) is 31.2. The minimum absolute atomic E-state index is 0. The molecule has 3 fully saturated rings. The van der Waals surface area contributed by atoms with Gasteiger partial charge >= 0.3 is 43.2 Å². The van der Waals surface area contributed by atoms with Crippen molar-refractivity contribution in [2.24, 2.45) is 14.1 Å². The van der Waals surface area contributed by atoms with Gasteiger partial charge in [-0.25, -0.2) is 27.2 Å². The van der Waals surface area contributed by atoms with Crippen molar-refractivity contribution in [3.63, 3.8) is 0 Å². The Morgan fingerprint density at radius 2 is 0.920 bits per heavy atom. The number of fused-ring (bicyclic) bond motifs is 2. The number of anilines is 2. The van der Waals surface area contributed by atoms with Gasteiger partial charge in [0, 0.05) is 88.1 Å². The van der Waals surface area contributed by atoms with Gasteiger partial charge in [0.15, 0.2) is 0 Å². The number of hydrogen-bond acceptors (Lipinski definition) is 13. The van der Waals surface area contributed by atoms with Crippen LogP contribution in [0, 0.1) is 37.1 Å². The number of ether oxygens (including phenoxy) is 4. The fourth-order valence-electron chi connectivity index (χ4n) is 12.2. The molecule has 0 saturated carbocycles. The molecule has 0 aliphatic carbocycles. The number of rotatable bonds is 14. The number of aryl methyl sites for hydroxylation is 2. The Bertz CT molecular complexity index is 4430. The fourth-order valence-corrected chi connectivity index (χ4v) is 12.2. The first-order valence-electron chi connectivity index (χ1n) is 31.2. The van der Waals surface area contributed by atoms with Gasteiger partial charge in [0.25, 0.3) is 22.9 Å². The van der Waals surface area contributed by atoms with Crippen LogP contribution in [0.4, 0.5) is 55.3 Å². The summed E-state index contributed by atoms with van der Waals surface area (Å²) in [6.45, 7) is 10.7. The number of nitrogens with zero attached hydrogens (tertiary/aromatic N) is 4. The van der Waals surface area contributed by atoms with Gasteiger partial charge in [-0.05, 0) is 121 Å². The Morgan fingerprint density at radius 1 is 0.560 bits per heavy atom. The number of alkyl halides is 6. The average Bonchev–Trinajstić information content (AvgIpc) is 0.790. The molecule has 3 aliphatic heterocycles. The number of methoxy groups -OCH3 is 1. The third kappa shape index (κ3) is 17.2. The smallest absolute Gasteiger partial charge is 0.870 e. The third-order valence-electron chi connectivity index (χ3n) is 17.5. The first-order chi connectivity index (χ1) is 46.4. The van der Waals surface area contributed by atoms with Crippen LogP contribution in [0.5, 0.6) is 0 Å². The number of benzene rings is 6. The Labute approximate surface area is 579 Å². The Balaban J connectivity index is 0.000000257. The van der Waals surface area contributed by atoms with E-state index >= 15 is 17.6 Å². The second-order valence-electron chi connectivity index (χ2n) is 24.0. The fraction of sp³-hybridized carbons (Fsp3) is 0.352. The van der Waals surface area contributed by atoms with Crippen LogP contribution >= 0.6 is 0 Å². The molecule has 3 aliphatic rings. The standard InChI is InChI=1S/C34H32F5N3O5.C33H30F5N3O5.C4H8O.Li.H2O/c1-18-13-25(34(37,38)39)29(32(44)41(18)3)24-10-9-20(22-7-5-6-8-23(22)24)14-28(33(45)46-4)40-31(43)30-26(35)15-21(16-27(30)36)42-11-12-47-17-19(42)2;1-17-12-24(33(36,37)38)28(31(43)40(17)3)23-9-8-19(21-6-4-5-7-22(21)23)13-27(32(44)45)39-30(42)29-25(34)14-20(15-26(29)35)41-10-11-46-16-18(41)2;1-2-4-5-3-1;;/h5-10,13,15-16,19,28H,11-12,14,17H2,1-4H3,(H,40,43);4-9,12,14-15,18,27H,10-11,13,16H2,1-3H3,(H,39,42)(H,44,45);1-4H2;;1H2/q;;;+1;/p-1/t19-,28-;18-,27-;;;/m00.../s1. The van der Waals surface area contributed by atoms with Gasteiger partial charge in [0.1, 0.15) is 46.5 Å². The maximum absolute atomic E-state index is 15.2. The van der Waals surface area contributed by atoms with E-state index in [9.17, 15) is 60.2 Å². The number of carboxylic acid groups (broad SMARTS) is 1. The van der Waals surface area contributed by atoms with Crippen molar-refractivity contribution in [2.45, 2.75) is 89.9 Å². The number of aliphatic carboxylic acids is 1. The quantitative estimate of drug-likeness (QED) is 0.0526. The second-order valence-corrected chi connectivity index (χ2v) is 24.0. The van der Waals surface area contributed by atoms with E-state index in [0.29, 0.717) is 61.4 Å². The number of amides is 2. The van der Waals surface area contributed by atoms with Gasteiger partial charge in [0.05, 0.1) is 55.8 Å². The van der Waals surface area contributed by atoms with Crippen LogP contribution in [0.25, 0.3) is 43.8 Å². The molecule has 29 heteroatoms. The number of hydrogen-bond donors (Lipinski definition) is 3. The predicted octanol–water partition coefficient (Wildman–Crippen LogP) is 8.64. The van der Waals surface area contributed by atoms with Crippen molar-refractivity contribution in [1.29, 1.82) is 0 Å². The Hall–Kier alpha value is -9.04. The number of morpholine rings is 2. The number of pyridine rings is 2. The summed E-state index contributed by atoms with van der Waals surface area (Å²) >= 11 is 0. The largest absolute Gasteiger partial charge is 1.00 e. The molecule has 4 atom stereocenters. The monoisotopic (exact) mass is 1400 g/mol. The molecule has 2 aromatic heterocycles. The maximum atomic E-state index is 15.2. The minimum atomic E-state index is -4.84. The summed E-state index contributed by atoms with van der Waals surface area (Å²) in [5.74, 6) is -9.52. The Morgan fingerprint density at radius 3 is 1.25 bits per heavy atom. The Kier molecular flexibility index (Phi) is 25.8. The third-order valence-corrected chi connectivity index (χ3v) is 17.5. The van der Waals surface area contributed by atoms with Crippen molar-refractivity contribution in [2.75, 3.05) is 69.6 Å². The first kappa shape index (κ1) is 78.3. The van der Waals surface area contributed by atoms with Crippen molar-refractivity contribution in [1.82, 2.24) is 19.8 Å². The molecular formula is C71H71F10LiN6O12. The van der Waals surface area contributed by atoms with Gasteiger partial charge in [-0.15, -0.1) is 0 Å². The maximum Gasteiger partial charge on any atom is 1.00 e. The normalized spacial score (nSPS) is 16.0. The van der Waals surface area contributed by atoms with Crippen LogP contribution < -0.4 is 50.4 Å². The van der Waals surface area contributed by atoms with Crippen LogP contribution in [0.15, 0.2) is 119 Å². The molecule has 0 unspecified atom stereocenters. The average molecular weight is 1400 g/mol. The molecular weight excluding hydrogens is 1330 g/mol. The molecule has 18 nitrogen and oxygen atoms in total. The van der Waals surface area contributed by atoms with E-state index in [1.165, 1.54) is 71.1 Å². The molecule has 2 amide bonds. The molecule has 0 radical (unpaired) electrons. The number of carbonyl (C=O) groups is 4. The summed E-state index contributed by atoms with van der Waals surface area (Å²) in [6.07, 6.45) is -7.73. The van der Waals surface area contributed by atoms with Crippen molar-refractivity contribution < 1.29 is 111 Å². The molecule has 0 spiro atoms. The van der Waals surface area contributed by atoms with E-state index < -0.39 is 116 Å². The van der Waals surface area contributed by atoms with Crippen LogP contribution in [0.3, 0.4) is 0 Å². The molecule has 5 heterocycles. The minimum Gasteiger partial charge on any atom is -0.870 e. The van der Waals surface area contributed by atoms with Crippen LogP contribution in [-0.4, -0.2) is 127 Å². The van der Waals surface area contributed by atoms with E-state index in [1.54, 1.807) is 52.3 Å². The van der Waals surface area contributed by atoms with Crippen molar-refractivity contribution in [3.8, 4) is 22.3 Å². The van der Waals surface area contributed by atoms with E-state index in [1.807, 2.05) is 13.8 Å². The SMILES string of the molecule is C1CCOC1.COC(=O)[C@H](Cc1ccc(-c2c(C(F)(F)F)cc(C)n(C)c2=O)c2ccccc12)NC(=O)c1c(F)cc(N2CCOC[C@@H]2C)cc1F.Cc1cc(C(F)(F)F)c(-c2ccc(C[C@H](NC(=O)c3c(F)cc(N4CCOC[C@@H]4C)cc3F)C(=O)O)c3ccccc23)c(=O)n1C.[Li+].[OH-]. The molecule has 528 valence electrons. The molecule has 8 aromatic rings. The molecule has 11 rings (SSSR count). The van der Waals surface area contributed by atoms with Crippen molar-refractivity contribution >= 4 is 56.7 Å². The summed E-state index contributed by atoms with van der Waals surface area (Å²) in [5.41, 5.74) is -5.44. The van der Waals surface area contributed by atoms with Crippen LogP contribution in [-0.2, 0) is 67.8 Å². The second kappa shape index (κ2) is 33.0. The zero-order chi connectivity index (χ0) is 71.2. The van der Waals surface area contributed by atoms with Gasteiger partial charge in [-0.1, -0.05) is 72.8 Å². The summed E-state index contributed by atoms with van der Waals surface area (Å²) in [7, 11) is 3.82. The summed E-state index contributed by atoms with van der Waals surface area (Å²) < 4.78 is 168. The van der Waals surface area contributed by atoms with Gasteiger partial charge < -0.3 is 59.1 Å². The van der Waals surface area contributed by atoms with Gasteiger partial charge in [-0.2, -0.15) is 26.3 Å². The number of aromatic nitrogens is 2. The molecule has 3 saturated heterocycles. The number of halogens is 10. The predicted molar refractivity (Wildman–Crippen MR) is 348 cm³/mol. The summed E-state index contributed by atoms with van der Waals surface area (Å²) in [6, 6.07) is 20.5. The van der Waals surface area contributed by atoms with Gasteiger partial charge in [-0.3, -0.25) is 19.2 Å². The molecule has 4 N–H and O–H groups in total. The van der Waals surface area contributed by atoms with E-state index in [4.69, 9.17) is 18.9 Å².